The fraction of sp³-hybridized carbons (Fsp3) is 0.167. The summed E-state index contributed by atoms with van der Waals surface area (Å²) in [6.07, 6.45) is 1.54. The predicted molar refractivity (Wildman–Crippen MR) is 93.4 cm³/mol. The molecule has 0 saturated heterocycles. The zero-order chi connectivity index (χ0) is 17.3. The topological polar surface area (TPSA) is 59.0 Å². The van der Waals surface area contributed by atoms with Gasteiger partial charge in [-0.1, -0.05) is 29.8 Å². The first-order chi connectivity index (χ1) is 11.6. The minimum atomic E-state index is -0.632. The molecule has 2 aromatic carbocycles. The lowest BCUT2D eigenvalue weighted by Gasteiger charge is -2.31. The molecule has 1 aliphatic rings. The summed E-state index contributed by atoms with van der Waals surface area (Å²) >= 11 is 6.06. The van der Waals surface area contributed by atoms with Crippen molar-refractivity contribution in [1.29, 1.82) is 0 Å². The summed E-state index contributed by atoms with van der Waals surface area (Å²) in [4.78, 5) is 31.0. The smallest absolute Gasteiger partial charge is 0.265 e. The molecule has 1 unspecified atom stereocenters. The molecule has 0 aromatic heterocycles. The van der Waals surface area contributed by atoms with E-state index in [0.717, 1.165) is 4.90 Å². The highest BCUT2D eigenvalue weighted by atomic mass is 35.5. The van der Waals surface area contributed by atoms with Crippen molar-refractivity contribution in [2.24, 2.45) is 4.99 Å². The van der Waals surface area contributed by atoms with Crippen LogP contribution in [0.3, 0.4) is 0 Å². The molecule has 0 bridgehead atoms. The summed E-state index contributed by atoms with van der Waals surface area (Å²) < 4.78 is 5.30. The first-order valence-corrected chi connectivity index (χ1v) is 7.69. The van der Waals surface area contributed by atoms with Gasteiger partial charge in [-0.2, -0.15) is 0 Å². The third-order valence-electron chi connectivity index (χ3n) is 3.90. The molecule has 1 aliphatic heterocycles. The van der Waals surface area contributed by atoms with Crippen LogP contribution in [0.25, 0.3) is 0 Å². The van der Waals surface area contributed by atoms with Crippen LogP contribution in [0, 0.1) is 0 Å². The van der Waals surface area contributed by atoms with Crippen molar-refractivity contribution in [3.63, 3.8) is 0 Å². The molecule has 0 spiro atoms. The van der Waals surface area contributed by atoms with Crippen molar-refractivity contribution in [3.05, 3.63) is 58.6 Å². The van der Waals surface area contributed by atoms with Crippen LogP contribution >= 0.6 is 11.6 Å². The summed E-state index contributed by atoms with van der Waals surface area (Å²) in [6.45, 7) is 0. The molecule has 3 rings (SSSR count). The van der Waals surface area contributed by atoms with Crippen LogP contribution in [0.4, 0.5) is 5.69 Å². The lowest BCUT2D eigenvalue weighted by molar-refractivity contribution is -0.118. The second kappa shape index (κ2) is 6.45. The number of amides is 2. The molecule has 2 aromatic rings. The van der Waals surface area contributed by atoms with Gasteiger partial charge in [0.2, 0.25) is 5.91 Å². The fourth-order valence-electron chi connectivity index (χ4n) is 2.81. The number of carbonyl (C=O) groups is 2. The van der Waals surface area contributed by atoms with Crippen molar-refractivity contribution in [2.75, 3.05) is 19.1 Å². The first-order valence-electron chi connectivity index (χ1n) is 7.31. The molecule has 5 nitrogen and oxygen atoms in total. The molecule has 1 heterocycles. The van der Waals surface area contributed by atoms with E-state index in [1.54, 1.807) is 49.5 Å². The van der Waals surface area contributed by atoms with Crippen LogP contribution in [0.2, 0.25) is 5.02 Å². The van der Waals surface area contributed by atoms with Crippen LogP contribution in [-0.2, 0) is 4.79 Å². The molecule has 24 heavy (non-hydrogen) atoms. The van der Waals surface area contributed by atoms with Gasteiger partial charge in [0.15, 0.2) is 0 Å². The fourth-order valence-corrected chi connectivity index (χ4v) is 2.98. The highest BCUT2D eigenvalue weighted by Gasteiger charge is 2.39. The first kappa shape index (κ1) is 16.2. The Morgan fingerprint density at radius 1 is 1.21 bits per heavy atom. The Morgan fingerprint density at radius 3 is 2.67 bits per heavy atom. The van der Waals surface area contributed by atoms with E-state index >= 15 is 0 Å². The van der Waals surface area contributed by atoms with Gasteiger partial charge in [-0.15, -0.1) is 0 Å². The zero-order valence-electron chi connectivity index (χ0n) is 13.2. The van der Waals surface area contributed by atoms with E-state index in [4.69, 9.17) is 16.3 Å². The quantitative estimate of drug-likeness (QED) is 0.635. The van der Waals surface area contributed by atoms with Crippen molar-refractivity contribution in [3.8, 4) is 5.75 Å². The molecule has 0 N–H and O–H groups in total. The number of methoxy groups -OCH3 is 1. The molecular formula is C18H15ClN2O3. The van der Waals surface area contributed by atoms with Crippen LogP contribution in [0.15, 0.2) is 47.5 Å². The molecular weight excluding hydrogens is 328 g/mol. The number of hydrogen-bond donors (Lipinski definition) is 0. The second-order valence-electron chi connectivity index (χ2n) is 5.27. The number of fused-ring (bicyclic) bond motifs is 1. The van der Waals surface area contributed by atoms with E-state index in [1.807, 2.05) is 0 Å². The molecule has 0 aliphatic carbocycles. The summed E-state index contributed by atoms with van der Waals surface area (Å²) in [6, 6.07) is 11.8. The monoisotopic (exact) mass is 342 g/mol. The number of nitrogens with zero attached hydrogens (tertiary/aromatic N) is 2. The maximum atomic E-state index is 13.0. The number of imide groups is 1. The number of ether oxygens (including phenoxy) is 1. The molecule has 0 fully saturated rings. The van der Waals surface area contributed by atoms with Gasteiger partial charge >= 0.3 is 0 Å². The van der Waals surface area contributed by atoms with Gasteiger partial charge in [0, 0.05) is 23.8 Å². The minimum Gasteiger partial charge on any atom is -0.495 e. The molecule has 2 amide bonds. The molecule has 122 valence electrons. The largest absolute Gasteiger partial charge is 0.495 e. The normalized spacial score (nSPS) is 17.3. The molecule has 6 heteroatoms. The molecule has 0 radical (unpaired) electrons. The number of hydrogen-bond acceptors (Lipinski definition) is 4. The SMILES string of the molecule is CN=CC1C(=O)N(c2cc(Cl)ccc2OC)C(=O)c2ccccc21. The predicted octanol–water partition coefficient (Wildman–Crippen LogP) is 3.32. The summed E-state index contributed by atoms with van der Waals surface area (Å²) in [5.74, 6) is -1.03. The Hall–Kier alpha value is -2.66. The van der Waals surface area contributed by atoms with Gasteiger partial charge < -0.3 is 4.74 Å². The number of carbonyl (C=O) groups excluding carboxylic acids is 2. The van der Waals surface area contributed by atoms with Crippen molar-refractivity contribution in [1.82, 2.24) is 0 Å². The Labute approximate surface area is 144 Å². The Morgan fingerprint density at radius 2 is 1.96 bits per heavy atom. The van der Waals surface area contributed by atoms with Crippen LogP contribution in [0.5, 0.6) is 5.75 Å². The van der Waals surface area contributed by atoms with Crippen molar-refractivity contribution in [2.45, 2.75) is 5.92 Å². The lowest BCUT2D eigenvalue weighted by Crippen LogP contribution is -2.45. The van der Waals surface area contributed by atoms with Gasteiger partial charge in [0.05, 0.1) is 18.7 Å². The number of halogens is 1. The number of anilines is 1. The summed E-state index contributed by atoms with van der Waals surface area (Å²) in [5, 5.41) is 0.408. The van der Waals surface area contributed by atoms with E-state index in [0.29, 0.717) is 27.6 Å². The van der Waals surface area contributed by atoms with Gasteiger partial charge in [-0.3, -0.25) is 14.6 Å². The summed E-state index contributed by atoms with van der Waals surface area (Å²) in [5.41, 5.74) is 1.43. The van der Waals surface area contributed by atoms with E-state index in [9.17, 15) is 9.59 Å². The Kier molecular flexibility index (Phi) is 4.36. The summed E-state index contributed by atoms with van der Waals surface area (Å²) in [7, 11) is 3.07. The van der Waals surface area contributed by atoms with Crippen LogP contribution in [-0.4, -0.2) is 32.2 Å². The number of aliphatic imine (C=N–C) groups is 1. The maximum Gasteiger partial charge on any atom is 0.265 e. The Balaban J connectivity index is 2.22. The van der Waals surface area contributed by atoms with Gasteiger partial charge in [0.1, 0.15) is 5.75 Å². The van der Waals surface area contributed by atoms with Crippen molar-refractivity contribution < 1.29 is 14.3 Å². The van der Waals surface area contributed by atoms with E-state index in [-0.39, 0.29) is 5.91 Å². The van der Waals surface area contributed by atoms with Crippen LogP contribution < -0.4 is 9.64 Å². The average Bonchev–Trinajstić information content (AvgIpc) is 2.59. The standard InChI is InChI=1S/C18H15ClN2O3/c1-20-10-14-12-5-3-4-6-13(12)17(22)21(18(14)23)15-9-11(19)7-8-16(15)24-2/h3-10,14H,1-2H3. The maximum absolute atomic E-state index is 13.0. The van der Waals surface area contributed by atoms with Gasteiger partial charge in [-0.05, 0) is 29.8 Å². The van der Waals surface area contributed by atoms with Crippen LogP contribution in [0.1, 0.15) is 21.8 Å². The van der Waals surface area contributed by atoms with E-state index < -0.39 is 11.8 Å². The van der Waals surface area contributed by atoms with E-state index in [2.05, 4.69) is 4.99 Å². The lowest BCUT2D eigenvalue weighted by atomic mass is 9.89. The molecule has 0 saturated carbocycles. The number of rotatable bonds is 3. The van der Waals surface area contributed by atoms with Crippen molar-refractivity contribution >= 4 is 35.3 Å². The van der Waals surface area contributed by atoms with E-state index in [1.165, 1.54) is 13.3 Å². The third-order valence-corrected chi connectivity index (χ3v) is 4.13. The third kappa shape index (κ3) is 2.57. The Bertz CT molecular complexity index is 848. The molecule has 1 atom stereocenters. The average molecular weight is 343 g/mol. The highest BCUT2D eigenvalue weighted by Crippen LogP contribution is 2.37. The highest BCUT2D eigenvalue weighted by molar-refractivity contribution is 6.33. The van der Waals surface area contributed by atoms with Gasteiger partial charge in [-0.25, -0.2) is 4.90 Å². The number of benzene rings is 2. The zero-order valence-corrected chi connectivity index (χ0v) is 13.9. The minimum absolute atomic E-state index is 0.323. The van der Waals surface area contributed by atoms with Gasteiger partial charge in [0.25, 0.3) is 5.91 Å². The second-order valence-corrected chi connectivity index (χ2v) is 5.70.